The largest absolute Gasteiger partial charge is 0.311 e. The number of anilines is 2. The zero-order valence-electron chi connectivity index (χ0n) is 16.9. The summed E-state index contributed by atoms with van der Waals surface area (Å²) in [6.07, 6.45) is 3.20. The molecule has 1 atom stereocenters. The Morgan fingerprint density at radius 2 is 2.07 bits per heavy atom. The summed E-state index contributed by atoms with van der Waals surface area (Å²) < 4.78 is 0. The summed E-state index contributed by atoms with van der Waals surface area (Å²) in [5, 5.41) is 3.38. The molecule has 3 rings (SSSR count). The van der Waals surface area contributed by atoms with Crippen LogP contribution in [0.3, 0.4) is 0 Å². The topological polar surface area (TPSA) is 65.5 Å². The van der Waals surface area contributed by atoms with Crippen molar-refractivity contribution in [2.75, 3.05) is 36.4 Å². The van der Waals surface area contributed by atoms with Crippen molar-refractivity contribution in [2.24, 2.45) is 5.92 Å². The molecule has 2 heterocycles. The van der Waals surface area contributed by atoms with Crippen LogP contribution < -0.4 is 10.2 Å². The first-order valence-corrected chi connectivity index (χ1v) is 10.4. The second-order valence-corrected chi connectivity index (χ2v) is 7.79. The number of carbonyl (C=O) groups is 2. The monoisotopic (exact) mass is 414 g/mol. The van der Waals surface area contributed by atoms with Crippen LogP contribution in [-0.2, 0) is 9.59 Å². The third kappa shape index (κ3) is 5.55. The number of likely N-dealkylation sites (tertiary alicyclic amines) is 1. The summed E-state index contributed by atoms with van der Waals surface area (Å²) in [4.78, 5) is 33.6. The zero-order chi connectivity index (χ0) is 20.8. The van der Waals surface area contributed by atoms with E-state index in [9.17, 15) is 9.59 Å². The summed E-state index contributed by atoms with van der Waals surface area (Å²) in [6.45, 7) is 6.30. The van der Waals surface area contributed by atoms with Gasteiger partial charge in [-0.25, -0.2) is 4.98 Å². The summed E-state index contributed by atoms with van der Waals surface area (Å²) in [7, 11) is 0. The van der Waals surface area contributed by atoms with Gasteiger partial charge in [-0.15, -0.1) is 0 Å². The second kappa shape index (κ2) is 9.85. The highest BCUT2D eigenvalue weighted by Crippen LogP contribution is 2.22. The van der Waals surface area contributed by atoms with E-state index in [1.807, 2.05) is 43.0 Å². The lowest BCUT2D eigenvalue weighted by Crippen LogP contribution is -2.46. The smallest absolute Gasteiger partial charge is 0.241 e. The van der Waals surface area contributed by atoms with Crippen molar-refractivity contribution in [1.29, 1.82) is 0 Å². The van der Waals surface area contributed by atoms with Gasteiger partial charge in [0.2, 0.25) is 11.8 Å². The number of amides is 2. The van der Waals surface area contributed by atoms with Crippen LogP contribution >= 0.6 is 11.6 Å². The highest BCUT2D eigenvalue weighted by Gasteiger charge is 2.28. The van der Waals surface area contributed by atoms with E-state index in [-0.39, 0.29) is 17.7 Å². The van der Waals surface area contributed by atoms with Crippen LogP contribution in [0.1, 0.15) is 25.3 Å². The molecule has 1 aliphatic rings. The van der Waals surface area contributed by atoms with E-state index in [2.05, 4.69) is 15.2 Å². The van der Waals surface area contributed by atoms with E-state index in [0.717, 1.165) is 30.6 Å². The number of pyridine rings is 1. The molecular weight excluding hydrogens is 388 g/mol. The maximum atomic E-state index is 13.0. The third-order valence-electron chi connectivity index (χ3n) is 5.24. The van der Waals surface area contributed by atoms with Crippen molar-refractivity contribution in [3.8, 4) is 0 Å². The molecule has 154 valence electrons. The van der Waals surface area contributed by atoms with Gasteiger partial charge in [0.1, 0.15) is 5.82 Å². The van der Waals surface area contributed by atoms with E-state index >= 15 is 0 Å². The molecule has 2 amide bonds. The molecule has 0 saturated carbocycles. The number of halogens is 1. The number of hydrogen-bond donors (Lipinski definition) is 1. The van der Waals surface area contributed by atoms with Gasteiger partial charge < -0.3 is 10.2 Å². The fourth-order valence-corrected chi connectivity index (χ4v) is 3.83. The first-order valence-electron chi connectivity index (χ1n) is 9.98. The Morgan fingerprint density at radius 3 is 2.76 bits per heavy atom. The number of carbonyl (C=O) groups excluding carboxylic acids is 2. The molecule has 0 radical (unpaired) electrons. The Morgan fingerprint density at radius 1 is 1.28 bits per heavy atom. The average molecular weight is 415 g/mol. The minimum Gasteiger partial charge on any atom is -0.311 e. The Kier molecular flexibility index (Phi) is 7.23. The van der Waals surface area contributed by atoms with Gasteiger partial charge in [-0.1, -0.05) is 29.8 Å². The average Bonchev–Trinajstić information content (AvgIpc) is 2.72. The van der Waals surface area contributed by atoms with Crippen molar-refractivity contribution >= 4 is 34.9 Å². The summed E-state index contributed by atoms with van der Waals surface area (Å²) >= 11 is 5.84. The van der Waals surface area contributed by atoms with Gasteiger partial charge in [0.15, 0.2) is 0 Å². The number of benzene rings is 1. The molecule has 6 nitrogen and oxygen atoms in total. The van der Waals surface area contributed by atoms with Crippen LogP contribution in [0.2, 0.25) is 5.02 Å². The molecule has 1 aromatic carbocycles. The molecular formula is C22H27ClN4O2. The van der Waals surface area contributed by atoms with Crippen molar-refractivity contribution < 1.29 is 9.59 Å². The maximum absolute atomic E-state index is 13.0. The maximum Gasteiger partial charge on any atom is 0.241 e. The Bertz CT molecular complexity index is 856. The van der Waals surface area contributed by atoms with Gasteiger partial charge in [0.25, 0.3) is 0 Å². The first-order chi connectivity index (χ1) is 14.0. The van der Waals surface area contributed by atoms with Crippen LogP contribution in [0.5, 0.6) is 0 Å². The lowest BCUT2D eigenvalue weighted by molar-refractivity contribution is -0.124. The Labute approximate surface area is 176 Å². The van der Waals surface area contributed by atoms with Crippen molar-refractivity contribution in [3.63, 3.8) is 0 Å². The van der Waals surface area contributed by atoms with Crippen LogP contribution in [-0.4, -0.2) is 47.9 Å². The molecule has 1 unspecified atom stereocenters. The summed E-state index contributed by atoms with van der Waals surface area (Å²) in [5.74, 6) is 0.317. The van der Waals surface area contributed by atoms with E-state index in [1.165, 1.54) is 6.20 Å². The molecule has 1 aromatic heterocycles. The normalized spacial score (nSPS) is 17.0. The van der Waals surface area contributed by atoms with Gasteiger partial charge in [-0.05, 0) is 57.0 Å². The fourth-order valence-electron chi connectivity index (χ4n) is 3.72. The van der Waals surface area contributed by atoms with E-state index in [4.69, 9.17) is 11.6 Å². The van der Waals surface area contributed by atoms with Crippen LogP contribution in [0.15, 0.2) is 42.6 Å². The lowest BCUT2D eigenvalue weighted by atomic mass is 9.97. The molecule has 1 saturated heterocycles. The molecule has 0 spiro atoms. The summed E-state index contributed by atoms with van der Waals surface area (Å²) in [6, 6.07) is 11.3. The third-order valence-corrected chi connectivity index (χ3v) is 5.46. The van der Waals surface area contributed by atoms with Crippen LogP contribution in [0, 0.1) is 12.8 Å². The number of para-hydroxylation sites is 1. The minimum atomic E-state index is -0.164. The number of aromatic nitrogens is 1. The molecule has 2 aromatic rings. The molecule has 29 heavy (non-hydrogen) atoms. The predicted octanol–water partition coefficient (Wildman–Crippen LogP) is 3.75. The number of nitrogens with zero attached hydrogens (tertiary/aromatic N) is 3. The van der Waals surface area contributed by atoms with Gasteiger partial charge >= 0.3 is 0 Å². The van der Waals surface area contributed by atoms with Crippen molar-refractivity contribution in [1.82, 2.24) is 9.88 Å². The van der Waals surface area contributed by atoms with Gasteiger partial charge in [0, 0.05) is 25.0 Å². The molecule has 1 aliphatic heterocycles. The Hall–Kier alpha value is -2.44. The second-order valence-electron chi connectivity index (χ2n) is 7.35. The predicted molar refractivity (Wildman–Crippen MR) is 116 cm³/mol. The number of nitrogens with one attached hydrogen (secondary N) is 1. The quantitative estimate of drug-likeness (QED) is 0.781. The van der Waals surface area contributed by atoms with Crippen molar-refractivity contribution in [2.45, 2.75) is 26.7 Å². The standard InChI is InChI=1S/C22H27ClN4O2/c1-3-27(19-9-5-4-7-16(19)2)21(28)15-26-12-6-8-17(14-26)22(29)25-20-11-10-18(23)13-24-20/h4-5,7,9-11,13,17H,3,6,8,12,14-15H2,1-2H3,(H,24,25,29). The molecule has 1 N–H and O–H groups in total. The van der Waals surface area contributed by atoms with E-state index in [1.54, 1.807) is 12.1 Å². The van der Waals surface area contributed by atoms with Gasteiger partial charge in [-0.3, -0.25) is 14.5 Å². The minimum absolute atomic E-state index is 0.0576. The number of hydrogen-bond acceptors (Lipinski definition) is 4. The van der Waals surface area contributed by atoms with E-state index in [0.29, 0.717) is 30.5 Å². The zero-order valence-corrected chi connectivity index (χ0v) is 17.7. The first kappa shape index (κ1) is 21.3. The number of piperidine rings is 1. The Balaban J connectivity index is 1.60. The van der Waals surface area contributed by atoms with Gasteiger partial charge in [0.05, 0.1) is 17.5 Å². The molecule has 1 fully saturated rings. The number of rotatable bonds is 6. The molecule has 0 bridgehead atoms. The molecule has 7 heteroatoms. The number of likely N-dealkylation sites (N-methyl/N-ethyl adjacent to an activating group) is 1. The van der Waals surface area contributed by atoms with E-state index < -0.39 is 0 Å². The SMILES string of the molecule is CCN(C(=O)CN1CCCC(C(=O)Nc2ccc(Cl)cn2)C1)c1ccccc1C. The number of aryl methyl sites for hydroxylation is 1. The fraction of sp³-hybridized carbons (Fsp3) is 0.409. The van der Waals surface area contributed by atoms with Crippen molar-refractivity contribution in [3.05, 3.63) is 53.2 Å². The van der Waals surface area contributed by atoms with Gasteiger partial charge in [-0.2, -0.15) is 0 Å². The molecule has 0 aliphatic carbocycles. The van der Waals surface area contributed by atoms with Crippen LogP contribution in [0.4, 0.5) is 11.5 Å². The summed E-state index contributed by atoms with van der Waals surface area (Å²) in [5.41, 5.74) is 2.02. The van der Waals surface area contributed by atoms with Crippen LogP contribution in [0.25, 0.3) is 0 Å². The lowest BCUT2D eigenvalue weighted by Gasteiger charge is -2.33. The highest BCUT2D eigenvalue weighted by molar-refractivity contribution is 6.30. The highest BCUT2D eigenvalue weighted by atomic mass is 35.5.